The van der Waals surface area contributed by atoms with E-state index in [1.165, 1.54) is 0 Å². The van der Waals surface area contributed by atoms with Gasteiger partial charge in [-0.05, 0) is 31.4 Å². The number of anilines is 1. The van der Waals surface area contributed by atoms with Crippen molar-refractivity contribution in [3.05, 3.63) is 40.2 Å². The molecule has 112 valence electrons. The third kappa shape index (κ3) is 3.12. The van der Waals surface area contributed by atoms with Gasteiger partial charge in [0.25, 0.3) is 5.69 Å². The average molecular weight is 287 g/mol. The Morgan fingerprint density at radius 2 is 2.05 bits per heavy atom. The van der Waals surface area contributed by atoms with E-state index in [0.717, 1.165) is 23.2 Å². The minimum atomic E-state index is -0.358. The number of benzene rings is 1. The van der Waals surface area contributed by atoms with Crippen LogP contribution in [-0.2, 0) is 0 Å². The molecule has 5 heteroatoms. The van der Waals surface area contributed by atoms with Crippen LogP contribution in [0.5, 0.6) is 0 Å². The Morgan fingerprint density at radius 3 is 2.62 bits per heavy atom. The molecule has 0 aliphatic rings. The lowest BCUT2D eigenvalue weighted by Gasteiger charge is -2.23. The number of hydrogen-bond donors (Lipinski definition) is 1. The van der Waals surface area contributed by atoms with Gasteiger partial charge in [0.1, 0.15) is 0 Å². The molecule has 21 heavy (non-hydrogen) atoms. The van der Waals surface area contributed by atoms with E-state index in [1.54, 1.807) is 18.3 Å². The third-order valence-electron chi connectivity index (χ3n) is 3.80. The van der Waals surface area contributed by atoms with E-state index in [2.05, 4.69) is 31.1 Å². The van der Waals surface area contributed by atoms with E-state index in [1.807, 2.05) is 13.0 Å². The minimum absolute atomic E-state index is 0.0978. The summed E-state index contributed by atoms with van der Waals surface area (Å²) in [5.41, 5.74) is 1.88. The van der Waals surface area contributed by atoms with Crippen LogP contribution in [0.15, 0.2) is 24.4 Å². The van der Waals surface area contributed by atoms with Gasteiger partial charge in [-0.1, -0.05) is 20.8 Å². The van der Waals surface area contributed by atoms with Crippen LogP contribution in [-0.4, -0.2) is 15.9 Å². The standard InChI is InChI=1S/C16H21N3O2/c1-5-14(10(2)3)18-15-6-7-16(19(20)21)13-9-17-11(4)8-12(13)15/h6-10,14,18H,5H2,1-4H3. The zero-order valence-corrected chi connectivity index (χ0v) is 12.9. The summed E-state index contributed by atoms with van der Waals surface area (Å²) in [5, 5.41) is 16.1. The quantitative estimate of drug-likeness (QED) is 0.657. The van der Waals surface area contributed by atoms with E-state index in [4.69, 9.17) is 0 Å². The van der Waals surface area contributed by atoms with E-state index in [0.29, 0.717) is 17.3 Å². The van der Waals surface area contributed by atoms with Crippen molar-refractivity contribution in [3.63, 3.8) is 0 Å². The van der Waals surface area contributed by atoms with E-state index in [9.17, 15) is 10.1 Å². The molecule has 0 radical (unpaired) electrons. The largest absolute Gasteiger partial charge is 0.382 e. The molecule has 1 aromatic carbocycles. The van der Waals surface area contributed by atoms with Gasteiger partial charge in [-0.15, -0.1) is 0 Å². The number of nitrogens with one attached hydrogen (secondary N) is 1. The molecule has 0 aliphatic heterocycles. The smallest absolute Gasteiger partial charge is 0.278 e. The average Bonchev–Trinajstić information content (AvgIpc) is 2.43. The van der Waals surface area contributed by atoms with E-state index < -0.39 is 0 Å². The number of hydrogen-bond acceptors (Lipinski definition) is 4. The van der Waals surface area contributed by atoms with Gasteiger partial charge in [-0.25, -0.2) is 0 Å². The lowest BCUT2D eigenvalue weighted by molar-refractivity contribution is -0.383. The molecule has 2 rings (SSSR count). The Hall–Kier alpha value is -2.17. The van der Waals surface area contributed by atoms with Crippen LogP contribution in [0.1, 0.15) is 32.9 Å². The summed E-state index contributed by atoms with van der Waals surface area (Å²) in [6.45, 7) is 8.36. The maximum atomic E-state index is 11.2. The molecule has 1 unspecified atom stereocenters. The summed E-state index contributed by atoms with van der Waals surface area (Å²) >= 11 is 0. The van der Waals surface area contributed by atoms with Crippen molar-refractivity contribution in [1.82, 2.24) is 4.98 Å². The summed E-state index contributed by atoms with van der Waals surface area (Å²) in [7, 11) is 0. The predicted octanol–water partition coefficient (Wildman–Crippen LogP) is 4.30. The molecule has 0 fully saturated rings. The van der Waals surface area contributed by atoms with Gasteiger partial charge >= 0.3 is 0 Å². The van der Waals surface area contributed by atoms with Crippen LogP contribution >= 0.6 is 0 Å². The number of nitro groups is 1. The van der Waals surface area contributed by atoms with Crippen LogP contribution in [0.25, 0.3) is 10.8 Å². The van der Waals surface area contributed by atoms with Crippen LogP contribution < -0.4 is 5.32 Å². The van der Waals surface area contributed by atoms with Gasteiger partial charge in [0.05, 0.1) is 10.3 Å². The number of pyridine rings is 1. The molecule has 1 atom stereocenters. The normalized spacial score (nSPS) is 12.6. The molecule has 1 N–H and O–H groups in total. The topological polar surface area (TPSA) is 68.1 Å². The summed E-state index contributed by atoms with van der Waals surface area (Å²) < 4.78 is 0. The summed E-state index contributed by atoms with van der Waals surface area (Å²) in [6, 6.07) is 5.58. The fourth-order valence-electron chi connectivity index (χ4n) is 2.55. The Kier molecular flexibility index (Phi) is 4.40. The number of nitro benzene ring substituents is 1. The molecule has 0 amide bonds. The first-order chi connectivity index (χ1) is 9.93. The molecular weight excluding hydrogens is 266 g/mol. The minimum Gasteiger partial charge on any atom is -0.382 e. The first kappa shape index (κ1) is 15.2. The Morgan fingerprint density at radius 1 is 1.33 bits per heavy atom. The number of non-ortho nitro benzene ring substituents is 1. The summed E-state index contributed by atoms with van der Waals surface area (Å²) in [6.07, 6.45) is 2.59. The maximum Gasteiger partial charge on any atom is 0.278 e. The molecule has 0 saturated carbocycles. The van der Waals surface area contributed by atoms with Gasteiger partial charge in [0.2, 0.25) is 0 Å². The molecule has 0 bridgehead atoms. The molecule has 1 aromatic heterocycles. The third-order valence-corrected chi connectivity index (χ3v) is 3.80. The summed E-state index contributed by atoms with van der Waals surface area (Å²) in [4.78, 5) is 15.0. The van der Waals surface area contributed by atoms with E-state index in [-0.39, 0.29) is 10.6 Å². The van der Waals surface area contributed by atoms with Crippen LogP contribution in [0.3, 0.4) is 0 Å². The fourth-order valence-corrected chi connectivity index (χ4v) is 2.55. The van der Waals surface area contributed by atoms with Crippen molar-refractivity contribution in [2.75, 3.05) is 5.32 Å². The van der Waals surface area contributed by atoms with Crippen molar-refractivity contribution in [3.8, 4) is 0 Å². The second kappa shape index (κ2) is 6.08. The number of nitrogens with zero attached hydrogens (tertiary/aromatic N) is 2. The monoisotopic (exact) mass is 287 g/mol. The Labute approximate surface area is 124 Å². The highest BCUT2D eigenvalue weighted by Gasteiger charge is 2.17. The Balaban J connectivity index is 2.57. The molecule has 1 heterocycles. The van der Waals surface area contributed by atoms with Crippen molar-refractivity contribution < 1.29 is 4.92 Å². The second-order valence-electron chi connectivity index (χ2n) is 5.66. The van der Waals surface area contributed by atoms with Crippen molar-refractivity contribution in [2.45, 2.75) is 40.2 Å². The SMILES string of the molecule is CCC(Nc1ccc([N+](=O)[O-])c2cnc(C)cc12)C(C)C. The molecule has 5 nitrogen and oxygen atoms in total. The number of fused-ring (bicyclic) bond motifs is 1. The second-order valence-corrected chi connectivity index (χ2v) is 5.66. The zero-order valence-electron chi connectivity index (χ0n) is 12.9. The molecule has 2 aromatic rings. The van der Waals surface area contributed by atoms with Crippen molar-refractivity contribution in [2.24, 2.45) is 5.92 Å². The number of rotatable bonds is 5. The predicted molar refractivity (Wildman–Crippen MR) is 85.7 cm³/mol. The number of aryl methyl sites for hydroxylation is 1. The first-order valence-electron chi connectivity index (χ1n) is 7.24. The Bertz CT molecular complexity index is 668. The van der Waals surface area contributed by atoms with Crippen LogP contribution in [0, 0.1) is 23.0 Å². The van der Waals surface area contributed by atoms with E-state index >= 15 is 0 Å². The van der Waals surface area contributed by atoms with Crippen LogP contribution in [0.4, 0.5) is 11.4 Å². The van der Waals surface area contributed by atoms with Crippen molar-refractivity contribution in [1.29, 1.82) is 0 Å². The highest BCUT2D eigenvalue weighted by molar-refractivity contribution is 5.99. The van der Waals surface area contributed by atoms with Crippen molar-refractivity contribution >= 4 is 22.1 Å². The van der Waals surface area contributed by atoms with Gasteiger partial charge in [0, 0.05) is 35.1 Å². The highest BCUT2D eigenvalue weighted by Crippen LogP contribution is 2.32. The van der Waals surface area contributed by atoms with Gasteiger partial charge in [0.15, 0.2) is 0 Å². The van der Waals surface area contributed by atoms with Gasteiger partial charge in [-0.3, -0.25) is 15.1 Å². The fraction of sp³-hybridized carbons (Fsp3) is 0.438. The highest BCUT2D eigenvalue weighted by atomic mass is 16.6. The molecular formula is C16H21N3O2. The molecule has 0 spiro atoms. The molecule has 0 aliphatic carbocycles. The lowest BCUT2D eigenvalue weighted by atomic mass is 10.0. The first-order valence-corrected chi connectivity index (χ1v) is 7.24. The maximum absolute atomic E-state index is 11.2. The zero-order chi connectivity index (χ0) is 15.6. The number of aromatic nitrogens is 1. The van der Waals surface area contributed by atoms with Crippen LogP contribution in [0.2, 0.25) is 0 Å². The van der Waals surface area contributed by atoms with Gasteiger partial charge in [-0.2, -0.15) is 0 Å². The molecule has 0 saturated heterocycles. The summed E-state index contributed by atoms with van der Waals surface area (Å²) in [5.74, 6) is 0.489. The van der Waals surface area contributed by atoms with Gasteiger partial charge < -0.3 is 5.32 Å². The lowest BCUT2D eigenvalue weighted by Crippen LogP contribution is -2.24.